The zero-order valence-corrected chi connectivity index (χ0v) is 15.3. The molecule has 1 atom stereocenters. The zero-order chi connectivity index (χ0) is 18.2. The monoisotopic (exact) mass is 380 g/mol. The number of hydrogen-bond donors (Lipinski definition) is 1. The van der Waals surface area contributed by atoms with Gasteiger partial charge in [-0.05, 0) is 36.8 Å². The van der Waals surface area contributed by atoms with Crippen LogP contribution in [0.4, 0.5) is 11.4 Å². The molecule has 25 heavy (non-hydrogen) atoms. The highest BCUT2D eigenvalue weighted by Gasteiger charge is 2.34. The molecule has 6 nitrogen and oxygen atoms in total. The molecule has 1 amide bonds. The van der Waals surface area contributed by atoms with E-state index in [-0.39, 0.29) is 6.54 Å². The van der Waals surface area contributed by atoms with Gasteiger partial charge in [0.05, 0.1) is 18.5 Å². The van der Waals surface area contributed by atoms with Crippen molar-refractivity contribution in [3.63, 3.8) is 0 Å². The van der Waals surface area contributed by atoms with E-state index in [1.807, 2.05) is 6.92 Å². The summed E-state index contributed by atoms with van der Waals surface area (Å²) in [5.41, 5.74) is 1.83. The molecule has 0 aliphatic carbocycles. The van der Waals surface area contributed by atoms with Crippen molar-refractivity contribution in [1.29, 1.82) is 0 Å². The van der Waals surface area contributed by atoms with Crippen molar-refractivity contribution in [3.8, 4) is 5.75 Å². The smallest absolute Gasteiger partial charge is 0.267 e. The van der Waals surface area contributed by atoms with Crippen LogP contribution in [-0.4, -0.2) is 33.2 Å². The Balaban J connectivity index is 1.88. The Labute approximate surface area is 151 Å². The number of benzene rings is 2. The van der Waals surface area contributed by atoms with E-state index < -0.39 is 22.0 Å². The third kappa shape index (κ3) is 3.72. The number of hydrogen-bond acceptors (Lipinski definition) is 4. The molecule has 0 radical (unpaired) electrons. The average Bonchev–Trinajstić information content (AvgIpc) is 2.56. The van der Waals surface area contributed by atoms with E-state index in [0.717, 1.165) is 11.8 Å². The molecule has 2 aromatic carbocycles. The minimum atomic E-state index is -3.54. The van der Waals surface area contributed by atoms with E-state index in [1.165, 1.54) is 4.31 Å². The molecule has 0 fully saturated rings. The van der Waals surface area contributed by atoms with Crippen molar-refractivity contribution < 1.29 is 17.9 Å². The van der Waals surface area contributed by atoms with Crippen LogP contribution < -0.4 is 14.4 Å². The van der Waals surface area contributed by atoms with Gasteiger partial charge in [0.2, 0.25) is 10.0 Å². The zero-order valence-electron chi connectivity index (χ0n) is 13.7. The van der Waals surface area contributed by atoms with Gasteiger partial charge >= 0.3 is 0 Å². The van der Waals surface area contributed by atoms with Gasteiger partial charge in [-0.15, -0.1) is 0 Å². The maximum Gasteiger partial charge on any atom is 0.267 e. The van der Waals surface area contributed by atoms with E-state index >= 15 is 0 Å². The third-order valence-corrected chi connectivity index (χ3v) is 5.27. The second kappa shape index (κ2) is 6.57. The summed E-state index contributed by atoms with van der Waals surface area (Å²) in [7, 11) is -3.54. The largest absolute Gasteiger partial charge is 0.476 e. The number of sulfonamides is 1. The van der Waals surface area contributed by atoms with Crippen molar-refractivity contribution in [2.45, 2.75) is 13.0 Å². The first-order chi connectivity index (χ1) is 11.8. The summed E-state index contributed by atoms with van der Waals surface area (Å²) in [5, 5.41) is 3.25. The fourth-order valence-corrected chi connectivity index (χ4v) is 3.68. The fourth-order valence-electron chi connectivity index (χ4n) is 2.59. The Hall–Kier alpha value is -2.25. The fraction of sp³-hybridized carbons (Fsp3) is 0.235. The lowest BCUT2D eigenvalue weighted by Gasteiger charge is -2.33. The Bertz CT molecular complexity index is 930. The van der Waals surface area contributed by atoms with Gasteiger partial charge in [0.1, 0.15) is 5.75 Å². The highest BCUT2D eigenvalue weighted by molar-refractivity contribution is 7.92. The molecule has 132 valence electrons. The molecule has 3 rings (SSSR count). The number of halogens is 1. The van der Waals surface area contributed by atoms with Gasteiger partial charge in [0.25, 0.3) is 5.91 Å². The number of carbonyl (C=O) groups excluding carboxylic acids is 1. The average molecular weight is 381 g/mol. The van der Waals surface area contributed by atoms with Crippen molar-refractivity contribution in [2.24, 2.45) is 0 Å². The first-order valence-electron chi connectivity index (χ1n) is 7.56. The quantitative estimate of drug-likeness (QED) is 0.888. The van der Waals surface area contributed by atoms with Gasteiger partial charge < -0.3 is 10.1 Å². The van der Waals surface area contributed by atoms with Crippen molar-refractivity contribution in [3.05, 3.63) is 53.1 Å². The summed E-state index contributed by atoms with van der Waals surface area (Å²) >= 11 is 5.97. The predicted octanol–water partition coefficient (Wildman–Crippen LogP) is 2.81. The van der Waals surface area contributed by atoms with Gasteiger partial charge in [-0.3, -0.25) is 9.10 Å². The highest BCUT2D eigenvalue weighted by Crippen LogP contribution is 2.35. The Kier molecular flexibility index (Phi) is 4.62. The number of ether oxygens (including phenoxy) is 1. The van der Waals surface area contributed by atoms with Gasteiger partial charge in [0, 0.05) is 10.7 Å². The summed E-state index contributed by atoms with van der Waals surface area (Å²) in [5.74, 6) is -0.0874. The number of nitrogens with one attached hydrogen (secondary N) is 1. The summed E-state index contributed by atoms with van der Waals surface area (Å²) in [6.07, 6.45) is 0.133. The van der Waals surface area contributed by atoms with Crippen molar-refractivity contribution in [2.75, 3.05) is 22.4 Å². The van der Waals surface area contributed by atoms with Crippen LogP contribution in [-0.2, 0) is 14.8 Å². The third-order valence-electron chi connectivity index (χ3n) is 3.89. The number of para-hydroxylation sites is 2. The summed E-state index contributed by atoms with van der Waals surface area (Å²) < 4.78 is 31.1. The normalized spacial score (nSPS) is 16.8. The lowest BCUT2D eigenvalue weighted by atomic mass is 10.1. The minimum absolute atomic E-state index is 0.0959. The Morgan fingerprint density at radius 3 is 2.72 bits per heavy atom. The van der Waals surface area contributed by atoms with Crippen molar-refractivity contribution in [1.82, 2.24) is 0 Å². The Morgan fingerprint density at radius 1 is 1.28 bits per heavy atom. The standard InChI is InChI=1S/C17H17ClN2O4S/c1-11-7-8-12(18)9-13(11)19-17(21)16-10-20(25(2,22)23)14-5-3-4-6-15(14)24-16/h3-9,16H,10H2,1-2H3,(H,19,21)/t16-/m0/s1. The lowest BCUT2D eigenvalue weighted by Crippen LogP contribution is -2.48. The van der Waals surface area contributed by atoms with E-state index in [1.54, 1.807) is 42.5 Å². The second-order valence-corrected chi connectivity index (χ2v) is 8.16. The number of fused-ring (bicyclic) bond motifs is 1. The lowest BCUT2D eigenvalue weighted by molar-refractivity contribution is -0.122. The van der Waals surface area contributed by atoms with Crippen LogP contribution >= 0.6 is 11.6 Å². The molecule has 0 saturated heterocycles. The molecule has 1 heterocycles. The van der Waals surface area contributed by atoms with Crippen LogP contribution in [0, 0.1) is 6.92 Å². The summed E-state index contributed by atoms with van der Waals surface area (Å²) in [6.45, 7) is 1.74. The molecule has 0 unspecified atom stereocenters. The Morgan fingerprint density at radius 2 is 2.00 bits per heavy atom. The molecule has 2 aromatic rings. The van der Waals surface area contributed by atoms with E-state index in [0.29, 0.717) is 22.1 Å². The SMILES string of the molecule is Cc1ccc(Cl)cc1NC(=O)[C@@H]1CN(S(C)(=O)=O)c2ccccc2O1. The van der Waals surface area contributed by atoms with Gasteiger partial charge in [-0.1, -0.05) is 29.8 Å². The maximum atomic E-state index is 12.6. The molecule has 0 saturated carbocycles. The van der Waals surface area contributed by atoms with Gasteiger partial charge in [-0.2, -0.15) is 0 Å². The number of nitrogens with zero attached hydrogens (tertiary/aromatic N) is 1. The van der Waals surface area contributed by atoms with Crippen molar-refractivity contribution >= 4 is 38.9 Å². The topological polar surface area (TPSA) is 75.7 Å². The summed E-state index contributed by atoms with van der Waals surface area (Å²) in [6, 6.07) is 11.9. The molecule has 0 aromatic heterocycles. The first kappa shape index (κ1) is 17.6. The molecule has 0 bridgehead atoms. The van der Waals surface area contributed by atoms with Crippen LogP contribution in [0.1, 0.15) is 5.56 Å². The predicted molar refractivity (Wildman–Crippen MR) is 97.9 cm³/mol. The maximum absolute atomic E-state index is 12.6. The number of anilines is 2. The van der Waals surface area contributed by atoms with Crippen LogP contribution in [0.5, 0.6) is 5.75 Å². The number of carbonyl (C=O) groups is 1. The van der Waals surface area contributed by atoms with E-state index in [2.05, 4.69) is 5.32 Å². The molecular formula is C17H17ClN2O4S. The summed E-state index contributed by atoms with van der Waals surface area (Å²) in [4.78, 5) is 12.6. The molecule has 0 spiro atoms. The van der Waals surface area contributed by atoms with E-state index in [9.17, 15) is 13.2 Å². The first-order valence-corrected chi connectivity index (χ1v) is 9.79. The van der Waals surface area contributed by atoms with Gasteiger partial charge in [0.15, 0.2) is 6.10 Å². The molecule has 8 heteroatoms. The van der Waals surface area contributed by atoms with Crippen LogP contribution in [0.3, 0.4) is 0 Å². The van der Waals surface area contributed by atoms with E-state index in [4.69, 9.17) is 16.3 Å². The van der Waals surface area contributed by atoms with Gasteiger partial charge in [-0.25, -0.2) is 8.42 Å². The second-order valence-electron chi connectivity index (χ2n) is 5.82. The molecule has 1 N–H and O–H groups in total. The number of amides is 1. The van der Waals surface area contributed by atoms with Crippen LogP contribution in [0.2, 0.25) is 5.02 Å². The molecular weight excluding hydrogens is 364 g/mol. The highest BCUT2D eigenvalue weighted by atomic mass is 35.5. The minimum Gasteiger partial charge on any atom is -0.476 e. The van der Waals surface area contributed by atoms with Crippen LogP contribution in [0.25, 0.3) is 0 Å². The molecule has 1 aliphatic heterocycles. The number of rotatable bonds is 3. The molecule has 1 aliphatic rings. The van der Waals surface area contributed by atoms with Crippen LogP contribution in [0.15, 0.2) is 42.5 Å². The number of aryl methyl sites for hydroxylation is 1.